The highest BCUT2D eigenvalue weighted by atomic mass is 16.4. The quantitative estimate of drug-likeness (QED) is 0.619. The molecule has 3 atom stereocenters. The normalized spacial score (nSPS) is 22.7. The monoisotopic (exact) mass is 311 g/mol. The van der Waals surface area contributed by atoms with E-state index in [0.717, 1.165) is 13.0 Å². The number of nitrogens with zero attached hydrogens (tertiary/aromatic N) is 1. The highest BCUT2D eigenvalue weighted by molar-refractivity contribution is 5.80. The van der Waals surface area contributed by atoms with Gasteiger partial charge in [0.15, 0.2) is 0 Å². The second kappa shape index (κ2) is 8.90. The lowest BCUT2D eigenvalue weighted by molar-refractivity contribution is -0.142. The van der Waals surface area contributed by atoms with Crippen molar-refractivity contribution in [3.63, 3.8) is 0 Å². The SMILES string of the molecule is CC=CC(C(=O)NC(C)CN1CCCC(C(=O)O)N1)C(C)C. The molecule has 3 unspecified atom stereocenters. The lowest BCUT2D eigenvalue weighted by Crippen LogP contribution is -2.56. The Morgan fingerprint density at radius 2 is 2.09 bits per heavy atom. The van der Waals surface area contributed by atoms with E-state index in [0.29, 0.717) is 13.0 Å². The summed E-state index contributed by atoms with van der Waals surface area (Å²) in [6, 6.07) is -0.567. The van der Waals surface area contributed by atoms with Crippen molar-refractivity contribution in [3.05, 3.63) is 12.2 Å². The minimum absolute atomic E-state index is 0.0207. The molecule has 0 aliphatic carbocycles. The highest BCUT2D eigenvalue weighted by Gasteiger charge is 2.26. The van der Waals surface area contributed by atoms with Crippen molar-refractivity contribution < 1.29 is 14.7 Å². The van der Waals surface area contributed by atoms with Crippen LogP contribution in [0.25, 0.3) is 0 Å². The maximum Gasteiger partial charge on any atom is 0.322 e. The predicted molar refractivity (Wildman–Crippen MR) is 86.1 cm³/mol. The molecule has 0 aromatic rings. The van der Waals surface area contributed by atoms with Gasteiger partial charge >= 0.3 is 5.97 Å². The maximum absolute atomic E-state index is 12.3. The number of hydrogen-bond acceptors (Lipinski definition) is 4. The zero-order valence-electron chi connectivity index (χ0n) is 14.0. The molecule has 1 heterocycles. The third-order valence-electron chi connectivity index (χ3n) is 3.86. The molecule has 1 amide bonds. The number of hydrogen-bond donors (Lipinski definition) is 3. The molecule has 1 aliphatic heterocycles. The van der Waals surface area contributed by atoms with Crippen molar-refractivity contribution in [2.45, 2.75) is 52.6 Å². The van der Waals surface area contributed by atoms with E-state index in [1.807, 2.05) is 44.9 Å². The van der Waals surface area contributed by atoms with Gasteiger partial charge in [0.05, 0.1) is 5.92 Å². The Kier molecular flexibility index (Phi) is 7.55. The van der Waals surface area contributed by atoms with E-state index in [9.17, 15) is 9.59 Å². The molecule has 0 saturated carbocycles. The van der Waals surface area contributed by atoms with Crippen LogP contribution in [0, 0.1) is 11.8 Å². The van der Waals surface area contributed by atoms with Gasteiger partial charge in [0, 0.05) is 19.1 Å². The molecule has 126 valence electrons. The molecule has 6 nitrogen and oxygen atoms in total. The zero-order chi connectivity index (χ0) is 16.7. The summed E-state index contributed by atoms with van der Waals surface area (Å²) < 4.78 is 0. The van der Waals surface area contributed by atoms with Gasteiger partial charge in [0.2, 0.25) is 5.91 Å². The number of allylic oxidation sites excluding steroid dienone is 1. The summed E-state index contributed by atoms with van der Waals surface area (Å²) in [5, 5.41) is 14.0. The van der Waals surface area contributed by atoms with E-state index in [1.165, 1.54) is 0 Å². The minimum atomic E-state index is -0.825. The van der Waals surface area contributed by atoms with Gasteiger partial charge in [-0.1, -0.05) is 26.0 Å². The van der Waals surface area contributed by atoms with Crippen molar-refractivity contribution >= 4 is 11.9 Å². The molecule has 1 aliphatic rings. The number of carbonyl (C=O) groups excluding carboxylic acids is 1. The summed E-state index contributed by atoms with van der Waals surface area (Å²) in [4.78, 5) is 23.3. The highest BCUT2D eigenvalue weighted by Crippen LogP contribution is 2.13. The van der Waals surface area contributed by atoms with Crippen molar-refractivity contribution in [2.24, 2.45) is 11.8 Å². The first-order valence-electron chi connectivity index (χ1n) is 8.02. The summed E-state index contributed by atoms with van der Waals surface area (Å²) in [6.07, 6.45) is 5.31. The molecule has 0 radical (unpaired) electrons. The molecule has 22 heavy (non-hydrogen) atoms. The van der Waals surface area contributed by atoms with Gasteiger partial charge in [-0.3, -0.25) is 9.59 Å². The smallest absolute Gasteiger partial charge is 0.322 e. The van der Waals surface area contributed by atoms with Gasteiger partial charge in [-0.25, -0.2) is 10.4 Å². The van der Waals surface area contributed by atoms with Crippen molar-refractivity contribution in [1.82, 2.24) is 15.8 Å². The van der Waals surface area contributed by atoms with Crippen molar-refractivity contribution in [2.75, 3.05) is 13.1 Å². The van der Waals surface area contributed by atoms with Crippen molar-refractivity contribution in [1.29, 1.82) is 0 Å². The Morgan fingerprint density at radius 1 is 1.41 bits per heavy atom. The number of carboxylic acid groups (broad SMARTS) is 1. The number of carbonyl (C=O) groups is 2. The Balaban J connectivity index is 2.49. The van der Waals surface area contributed by atoms with Crippen LogP contribution in [0.1, 0.15) is 40.5 Å². The van der Waals surface area contributed by atoms with Crippen LogP contribution in [0.3, 0.4) is 0 Å². The van der Waals surface area contributed by atoms with Gasteiger partial charge < -0.3 is 10.4 Å². The van der Waals surface area contributed by atoms with Crippen LogP contribution in [0.15, 0.2) is 12.2 Å². The lowest BCUT2D eigenvalue weighted by Gasteiger charge is -2.34. The van der Waals surface area contributed by atoms with Crippen LogP contribution in [0.4, 0.5) is 0 Å². The number of rotatable bonds is 7. The summed E-state index contributed by atoms with van der Waals surface area (Å²) in [5.74, 6) is -0.692. The number of amides is 1. The van der Waals surface area contributed by atoms with Crippen LogP contribution >= 0.6 is 0 Å². The Hall–Kier alpha value is -1.40. The van der Waals surface area contributed by atoms with E-state index >= 15 is 0 Å². The fourth-order valence-corrected chi connectivity index (χ4v) is 2.69. The Bertz CT molecular complexity index is 409. The molecule has 0 bridgehead atoms. The first kappa shape index (κ1) is 18.6. The van der Waals surface area contributed by atoms with Gasteiger partial charge in [-0.05, 0) is 32.6 Å². The average molecular weight is 311 g/mol. The first-order valence-corrected chi connectivity index (χ1v) is 8.02. The molecule has 0 spiro atoms. The van der Waals surface area contributed by atoms with E-state index in [1.54, 1.807) is 0 Å². The second-order valence-electron chi connectivity index (χ2n) is 6.31. The molecule has 1 fully saturated rings. The predicted octanol–water partition coefficient (Wildman–Crippen LogP) is 1.39. The van der Waals surface area contributed by atoms with Gasteiger partial charge in [0.1, 0.15) is 6.04 Å². The van der Waals surface area contributed by atoms with Gasteiger partial charge in [-0.2, -0.15) is 0 Å². The lowest BCUT2D eigenvalue weighted by atomic mass is 9.94. The third-order valence-corrected chi connectivity index (χ3v) is 3.86. The molecule has 1 saturated heterocycles. The standard InChI is InChI=1S/C16H29N3O3/c1-5-7-13(11(2)3)15(20)17-12(4)10-19-9-6-8-14(18-19)16(21)22/h5,7,11-14,18H,6,8-10H2,1-4H3,(H,17,20)(H,21,22). The number of nitrogens with one attached hydrogen (secondary N) is 2. The topological polar surface area (TPSA) is 81.7 Å². The van der Waals surface area contributed by atoms with E-state index in [2.05, 4.69) is 10.7 Å². The summed E-state index contributed by atoms with van der Waals surface area (Å²) >= 11 is 0. The Labute approximate surface area is 132 Å². The van der Waals surface area contributed by atoms with Crippen LogP contribution in [0.2, 0.25) is 0 Å². The van der Waals surface area contributed by atoms with Crippen molar-refractivity contribution in [3.8, 4) is 0 Å². The fourth-order valence-electron chi connectivity index (χ4n) is 2.69. The van der Waals surface area contributed by atoms with Crippen LogP contribution in [-0.2, 0) is 9.59 Å². The Morgan fingerprint density at radius 3 is 2.64 bits per heavy atom. The summed E-state index contributed by atoms with van der Waals surface area (Å²) in [6.45, 7) is 9.30. The van der Waals surface area contributed by atoms with Crippen LogP contribution < -0.4 is 10.7 Å². The number of carboxylic acids is 1. The molecule has 0 aromatic heterocycles. The van der Waals surface area contributed by atoms with Crippen LogP contribution in [0.5, 0.6) is 0 Å². The number of aliphatic carboxylic acids is 1. The minimum Gasteiger partial charge on any atom is -0.480 e. The van der Waals surface area contributed by atoms with Crippen LogP contribution in [-0.4, -0.2) is 47.2 Å². The molecule has 6 heteroatoms. The van der Waals surface area contributed by atoms with E-state index in [4.69, 9.17) is 5.11 Å². The average Bonchev–Trinajstić information content (AvgIpc) is 2.44. The van der Waals surface area contributed by atoms with Gasteiger partial charge in [-0.15, -0.1) is 0 Å². The molecule has 1 rings (SSSR count). The van der Waals surface area contributed by atoms with E-state index < -0.39 is 12.0 Å². The van der Waals surface area contributed by atoms with Gasteiger partial charge in [0.25, 0.3) is 0 Å². The number of hydrazine groups is 1. The zero-order valence-corrected chi connectivity index (χ0v) is 14.0. The summed E-state index contributed by atoms with van der Waals surface area (Å²) in [7, 11) is 0. The summed E-state index contributed by atoms with van der Waals surface area (Å²) in [5.41, 5.74) is 3.00. The molecular weight excluding hydrogens is 282 g/mol. The second-order valence-corrected chi connectivity index (χ2v) is 6.31. The third kappa shape index (κ3) is 5.77. The fraction of sp³-hybridized carbons (Fsp3) is 0.750. The molecule has 0 aromatic carbocycles. The molecule has 3 N–H and O–H groups in total. The largest absolute Gasteiger partial charge is 0.480 e. The molecular formula is C16H29N3O3. The van der Waals surface area contributed by atoms with E-state index in [-0.39, 0.29) is 23.8 Å². The first-order chi connectivity index (χ1) is 10.3. The maximum atomic E-state index is 12.3.